The third kappa shape index (κ3) is 39.1. The minimum absolute atomic E-state index is 0.733. The molecule has 0 aliphatic carbocycles. The molecule has 0 N–H and O–H groups in total. The van der Waals surface area contributed by atoms with Gasteiger partial charge < -0.3 is 0 Å². The summed E-state index contributed by atoms with van der Waals surface area (Å²) < 4.78 is 83.8. The third-order valence-electron chi connectivity index (χ3n) is 17.4. The van der Waals surface area contributed by atoms with E-state index < -0.39 is 34.5 Å². The van der Waals surface area contributed by atoms with E-state index >= 15 is 0 Å². The predicted molar refractivity (Wildman–Crippen MR) is 342 cm³/mol. The molecule has 8 nitrogen and oxygen atoms in total. The molecule has 0 aromatic carbocycles. The topological polar surface area (TPSA) is 105 Å². The van der Waals surface area contributed by atoms with Crippen molar-refractivity contribution >= 4 is 34.5 Å². The molecular formula is C64H136O8P2S2. The predicted octanol–water partition coefficient (Wildman–Crippen LogP) is 23.3. The Kier molecular flexibility index (Phi) is 49.5. The average Bonchev–Trinajstić information content (AvgIpc) is 3.40. The van der Waals surface area contributed by atoms with Crippen molar-refractivity contribution in [3.05, 3.63) is 0 Å². The van der Waals surface area contributed by atoms with Crippen molar-refractivity contribution < 1.29 is 33.4 Å². The Balaban J connectivity index is 7.06. The van der Waals surface area contributed by atoms with Crippen molar-refractivity contribution in [2.45, 2.75) is 364 Å². The Morgan fingerprint density at radius 1 is 0.197 bits per heavy atom. The SMILES string of the molecule is CCCCCCCCCCCCCCP(CCCCCC)(CCCCCC)(CCCCCC)OS(=O)(=O)OOS(=O)(=O)OP(CCCCCC)(CCCCCC)(CCCCCC)CCCCCCCCCCCCCC. The first kappa shape index (κ1) is 76.6. The second-order valence-corrected chi connectivity index (χ2v) is 38.9. The van der Waals surface area contributed by atoms with Gasteiger partial charge in [0.05, 0.1) is 0 Å². The van der Waals surface area contributed by atoms with E-state index in [1.165, 1.54) is 116 Å². The fraction of sp³-hybridized carbons (Fsp3) is 1.00. The van der Waals surface area contributed by atoms with Gasteiger partial charge in [0.25, 0.3) is 0 Å². The van der Waals surface area contributed by atoms with E-state index in [1.54, 1.807) is 0 Å². The Labute approximate surface area is 478 Å². The molecule has 0 aliphatic rings. The van der Waals surface area contributed by atoms with Crippen LogP contribution in [0.4, 0.5) is 0 Å². The van der Waals surface area contributed by atoms with Gasteiger partial charge in [0.1, 0.15) is 0 Å². The average molecular weight is 1160 g/mol. The molecule has 0 aromatic heterocycles. The van der Waals surface area contributed by atoms with Crippen molar-refractivity contribution in [3.63, 3.8) is 0 Å². The molecule has 0 bridgehead atoms. The Morgan fingerprint density at radius 3 is 0.461 bits per heavy atom. The van der Waals surface area contributed by atoms with Crippen LogP contribution in [0.15, 0.2) is 0 Å². The van der Waals surface area contributed by atoms with Crippen LogP contribution >= 0.6 is 13.7 Å². The van der Waals surface area contributed by atoms with Crippen molar-refractivity contribution in [2.75, 3.05) is 49.3 Å². The standard InChI is InChI=1S/C64H136O8P2S2/c1-9-17-25-33-35-37-39-41-43-45-47-55-63-73(57-49-27-19-11-3,58-50-28-20-12-4,59-51-29-21-13-5)71-75(65,66)69-70-76(67,68)72-74(60-52-30-22-14-6,61-53-31-23-15-7,62-54-32-24-16-8)64-56-48-46-44-42-40-38-36-34-26-18-10-2/h9-64H2,1-8H3. The van der Waals surface area contributed by atoms with Crippen LogP contribution in [0.25, 0.3) is 0 Å². The van der Waals surface area contributed by atoms with Crippen LogP contribution in [0.2, 0.25) is 0 Å². The van der Waals surface area contributed by atoms with E-state index in [2.05, 4.69) is 55.4 Å². The smallest absolute Gasteiger partial charge is 0.0654 e. The summed E-state index contributed by atoms with van der Waals surface area (Å²) in [5.41, 5.74) is 0. The van der Waals surface area contributed by atoms with Gasteiger partial charge in [0, 0.05) is 0 Å². The van der Waals surface area contributed by atoms with Gasteiger partial charge in [-0.2, -0.15) is 0 Å². The normalized spacial score (nSPS) is 13.8. The van der Waals surface area contributed by atoms with Gasteiger partial charge >= 0.3 is 454 Å². The second-order valence-electron chi connectivity index (χ2n) is 24.7. The van der Waals surface area contributed by atoms with Gasteiger partial charge in [-0.3, -0.25) is 0 Å². The van der Waals surface area contributed by atoms with Crippen molar-refractivity contribution in [3.8, 4) is 0 Å². The molecule has 0 amide bonds. The van der Waals surface area contributed by atoms with E-state index in [1.807, 2.05) is 0 Å². The molecular weight excluding hydrogens is 1020 g/mol. The summed E-state index contributed by atoms with van der Waals surface area (Å²) >= 11 is 0. The molecule has 0 atom stereocenters. The van der Waals surface area contributed by atoms with E-state index in [0.29, 0.717) is 0 Å². The van der Waals surface area contributed by atoms with Crippen molar-refractivity contribution in [1.29, 1.82) is 0 Å². The summed E-state index contributed by atoms with van der Waals surface area (Å²) in [6.07, 6.45) is 60.4. The Bertz CT molecular complexity index is 1320. The zero-order chi connectivity index (χ0) is 56.3. The van der Waals surface area contributed by atoms with Crippen LogP contribution in [0.1, 0.15) is 364 Å². The van der Waals surface area contributed by atoms with Crippen LogP contribution in [0, 0.1) is 0 Å². The molecule has 0 heterocycles. The van der Waals surface area contributed by atoms with Crippen LogP contribution in [-0.4, -0.2) is 66.1 Å². The molecule has 0 saturated carbocycles. The monoisotopic (exact) mass is 1160 g/mol. The molecule has 0 aliphatic heterocycles. The Hall–Kier alpha value is 0.600. The summed E-state index contributed by atoms with van der Waals surface area (Å²) in [5.74, 6) is 0. The van der Waals surface area contributed by atoms with Gasteiger partial charge in [-0.1, -0.05) is 26.7 Å². The van der Waals surface area contributed by atoms with Gasteiger partial charge in [0.15, 0.2) is 0 Å². The summed E-state index contributed by atoms with van der Waals surface area (Å²) in [6, 6.07) is 0. The zero-order valence-electron chi connectivity index (χ0n) is 52.6. The van der Waals surface area contributed by atoms with Gasteiger partial charge in [-0.15, -0.1) is 0 Å². The molecule has 0 aromatic rings. The first-order chi connectivity index (χ1) is 36.7. The maximum absolute atomic E-state index is 14.8. The van der Waals surface area contributed by atoms with Crippen molar-refractivity contribution in [2.24, 2.45) is 0 Å². The maximum atomic E-state index is 14.8. The molecule has 12 heteroatoms. The van der Waals surface area contributed by atoms with Crippen LogP contribution in [0.5, 0.6) is 0 Å². The number of hydrogen-bond donors (Lipinski definition) is 0. The summed E-state index contributed by atoms with van der Waals surface area (Å²) in [6.45, 7) is 10.8. The Morgan fingerprint density at radius 2 is 0.316 bits per heavy atom. The first-order valence-electron chi connectivity index (χ1n) is 34.1. The van der Waals surface area contributed by atoms with Gasteiger partial charge in [0.2, 0.25) is 0 Å². The second kappa shape index (κ2) is 49.1. The van der Waals surface area contributed by atoms with E-state index in [0.717, 1.165) is 242 Å². The fourth-order valence-corrected chi connectivity index (χ4v) is 30.7. The van der Waals surface area contributed by atoms with E-state index in [9.17, 15) is 16.8 Å². The third-order valence-corrected chi connectivity index (χ3v) is 34.4. The number of unbranched alkanes of at least 4 members (excludes halogenated alkanes) is 40. The fourth-order valence-electron chi connectivity index (χ4n) is 12.6. The molecule has 0 saturated heterocycles. The quantitative estimate of drug-likeness (QED) is 0.0257. The van der Waals surface area contributed by atoms with Crippen LogP contribution in [0.3, 0.4) is 0 Å². The first-order valence-corrected chi connectivity index (χ1v) is 42.5. The molecule has 76 heavy (non-hydrogen) atoms. The summed E-state index contributed by atoms with van der Waals surface area (Å²) in [5, 5.41) is 0. The van der Waals surface area contributed by atoms with Gasteiger partial charge in [-0.25, -0.2) is 0 Å². The minimum Gasteiger partial charge on any atom is -0.0654 e. The van der Waals surface area contributed by atoms with Gasteiger partial charge in [-0.05, 0) is 0 Å². The number of hydrogen-bond acceptors (Lipinski definition) is 8. The van der Waals surface area contributed by atoms with Crippen LogP contribution in [-0.2, 0) is 37.4 Å². The number of rotatable bonds is 63. The molecule has 462 valence electrons. The molecule has 0 fully saturated rings. The van der Waals surface area contributed by atoms with Crippen LogP contribution < -0.4 is 0 Å². The minimum atomic E-state index is -4.92. The molecule has 0 rings (SSSR count). The summed E-state index contributed by atoms with van der Waals surface area (Å²) in [7, 11) is -9.85. The van der Waals surface area contributed by atoms with E-state index in [-0.39, 0.29) is 0 Å². The molecule has 0 spiro atoms. The van der Waals surface area contributed by atoms with Crippen molar-refractivity contribution in [1.82, 2.24) is 0 Å². The summed E-state index contributed by atoms with van der Waals surface area (Å²) in [4.78, 5) is 0. The molecule has 0 unspecified atom stereocenters. The molecule has 0 radical (unpaired) electrons. The van der Waals surface area contributed by atoms with E-state index in [4.69, 9.17) is 16.6 Å². The zero-order valence-corrected chi connectivity index (χ0v) is 56.0.